The largest absolute Gasteiger partial charge is 0.370 e. The second kappa shape index (κ2) is 6.73. The summed E-state index contributed by atoms with van der Waals surface area (Å²) in [6, 6.07) is 7.30. The molecular weight excluding hydrogens is 300 g/mol. The lowest BCUT2D eigenvalue weighted by Crippen LogP contribution is -2.35. The number of anilines is 1. The van der Waals surface area contributed by atoms with Gasteiger partial charge in [0.05, 0.1) is 0 Å². The van der Waals surface area contributed by atoms with Crippen LogP contribution in [0.3, 0.4) is 0 Å². The third-order valence-corrected chi connectivity index (χ3v) is 3.98. The van der Waals surface area contributed by atoms with Crippen LogP contribution in [0.1, 0.15) is 16.8 Å². The third kappa shape index (κ3) is 3.47. The molecule has 0 radical (unpaired) electrons. The minimum Gasteiger partial charge on any atom is -0.370 e. The van der Waals surface area contributed by atoms with Gasteiger partial charge in [0.2, 0.25) is 0 Å². The molecule has 0 saturated carbocycles. The molecule has 3 rings (SSSR count). The van der Waals surface area contributed by atoms with E-state index < -0.39 is 11.6 Å². The summed E-state index contributed by atoms with van der Waals surface area (Å²) in [5.74, 6) is -1.73. The van der Waals surface area contributed by atoms with Gasteiger partial charge in [-0.1, -0.05) is 0 Å². The van der Waals surface area contributed by atoms with Crippen molar-refractivity contribution in [3.63, 3.8) is 0 Å². The van der Waals surface area contributed by atoms with Gasteiger partial charge in [-0.2, -0.15) is 0 Å². The van der Waals surface area contributed by atoms with Crippen LogP contribution in [-0.4, -0.2) is 42.0 Å². The van der Waals surface area contributed by atoms with Crippen molar-refractivity contribution in [3.8, 4) is 0 Å². The molecule has 0 N–H and O–H groups in total. The number of halogens is 2. The number of rotatable bonds is 2. The second-order valence-electron chi connectivity index (χ2n) is 5.47. The van der Waals surface area contributed by atoms with E-state index in [1.165, 1.54) is 6.07 Å². The number of aromatic nitrogens is 1. The van der Waals surface area contributed by atoms with Gasteiger partial charge < -0.3 is 9.80 Å². The van der Waals surface area contributed by atoms with E-state index in [4.69, 9.17) is 0 Å². The topological polar surface area (TPSA) is 36.4 Å². The van der Waals surface area contributed by atoms with Gasteiger partial charge in [0.1, 0.15) is 0 Å². The normalized spacial score (nSPS) is 15.4. The van der Waals surface area contributed by atoms with Crippen molar-refractivity contribution in [1.29, 1.82) is 0 Å². The van der Waals surface area contributed by atoms with Crippen molar-refractivity contribution in [2.24, 2.45) is 0 Å². The highest BCUT2D eigenvalue weighted by Gasteiger charge is 2.20. The predicted molar refractivity (Wildman–Crippen MR) is 83.3 cm³/mol. The van der Waals surface area contributed by atoms with E-state index in [-0.39, 0.29) is 5.91 Å². The lowest BCUT2D eigenvalue weighted by atomic mass is 10.2. The molecule has 23 heavy (non-hydrogen) atoms. The van der Waals surface area contributed by atoms with Crippen LogP contribution >= 0.6 is 0 Å². The number of carbonyl (C=O) groups is 1. The monoisotopic (exact) mass is 317 g/mol. The van der Waals surface area contributed by atoms with Crippen LogP contribution in [0.4, 0.5) is 14.5 Å². The van der Waals surface area contributed by atoms with Crippen LogP contribution in [0, 0.1) is 11.6 Å². The Morgan fingerprint density at radius 3 is 2.48 bits per heavy atom. The van der Waals surface area contributed by atoms with Gasteiger partial charge in [-0.05, 0) is 30.7 Å². The molecule has 1 fully saturated rings. The molecule has 1 aromatic heterocycles. The molecule has 2 aromatic rings. The molecule has 4 nitrogen and oxygen atoms in total. The maximum atomic E-state index is 13.4. The quantitative estimate of drug-likeness (QED) is 0.854. The average Bonchev–Trinajstić information content (AvgIpc) is 2.83. The molecule has 120 valence electrons. The van der Waals surface area contributed by atoms with Crippen molar-refractivity contribution >= 4 is 11.6 Å². The first kappa shape index (κ1) is 15.4. The molecule has 1 amide bonds. The highest BCUT2D eigenvalue weighted by atomic mass is 19.2. The molecule has 1 saturated heterocycles. The predicted octanol–water partition coefficient (Wildman–Crippen LogP) is 2.71. The minimum absolute atomic E-state index is 0.0282. The summed E-state index contributed by atoms with van der Waals surface area (Å²) in [4.78, 5) is 20.1. The summed E-state index contributed by atoms with van der Waals surface area (Å²) in [6.45, 7) is 2.47. The Morgan fingerprint density at radius 2 is 1.74 bits per heavy atom. The second-order valence-corrected chi connectivity index (χ2v) is 5.47. The molecule has 6 heteroatoms. The third-order valence-electron chi connectivity index (χ3n) is 3.98. The Bertz CT molecular complexity index is 693. The van der Waals surface area contributed by atoms with Gasteiger partial charge in [0, 0.05) is 55.9 Å². The van der Waals surface area contributed by atoms with E-state index in [0.717, 1.165) is 12.5 Å². The fourth-order valence-electron chi connectivity index (χ4n) is 2.74. The highest BCUT2D eigenvalue weighted by Crippen LogP contribution is 2.20. The van der Waals surface area contributed by atoms with Gasteiger partial charge in [-0.25, -0.2) is 8.78 Å². The van der Waals surface area contributed by atoms with Gasteiger partial charge in [-0.15, -0.1) is 0 Å². The number of amides is 1. The summed E-state index contributed by atoms with van der Waals surface area (Å²) in [7, 11) is 0. The van der Waals surface area contributed by atoms with Crippen molar-refractivity contribution in [1.82, 2.24) is 9.88 Å². The Morgan fingerprint density at radius 1 is 0.957 bits per heavy atom. The number of hydrogen-bond donors (Lipinski definition) is 0. The SMILES string of the molecule is O=C(c1ccncc1)N1CCCN(c2ccc(F)c(F)c2)CC1. The van der Waals surface area contributed by atoms with Crippen LogP contribution in [0.25, 0.3) is 0 Å². The molecule has 0 spiro atoms. The van der Waals surface area contributed by atoms with Crippen LogP contribution in [0.15, 0.2) is 42.7 Å². The molecule has 2 heterocycles. The number of pyridine rings is 1. The molecular formula is C17H17F2N3O. The smallest absolute Gasteiger partial charge is 0.254 e. The number of hydrogen-bond acceptors (Lipinski definition) is 3. The van der Waals surface area contributed by atoms with E-state index in [2.05, 4.69) is 4.98 Å². The molecule has 1 aliphatic rings. The number of carbonyl (C=O) groups excluding carboxylic acids is 1. The number of nitrogens with zero attached hydrogens (tertiary/aromatic N) is 3. The molecule has 0 unspecified atom stereocenters. The Hall–Kier alpha value is -2.50. The van der Waals surface area contributed by atoms with Gasteiger partial charge in [0.25, 0.3) is 5.91 Å². The first-order valence-electron chi connectivity index (χ1n) is 7.54. The van der Waals surface area contributed by atoms with E-state index in [1.54, 1.807) is 35.5 Å². The minimum atomic E-state index is -0.850. The van der Waals surface area contributed by atoms with Gasteiger partial charge in [-0.3, -0.25) is 9.78 Å². The van der Waals surface area contributed by atoms with Crippen LogP contribution in [0.5, 0.6) is 0 Å². The summed E-state index contributed by atoms with van der Waals surface area (Å²) in [6.07, 6.45) is 3.97. The Balaban J connectivity index is 1.69. The molecule has 0 bridgehead atoms. The Labute approximate surface area is 133 Å². The van der Waals surface area contributed by atoms with Crippen LogP contribution in [0.2, 0.25) is 0 Å². The van der Waals surface area contributed by atoms with E-state index in [0.29, 0.717) is 37.4 Å². The summed E-state index contributed by atoms with van der Waals surface area (Å²) in [5.41, 5.74) is 1.25. The zero-order valence-corrected chi connectivity index (χ0v) is 12.6. The van der Waals surface area contributed by atoms with E-state index in [1.807, 2.05) is 4.90 Å². The zero-order valence-electron chi connectivity index (χ0n) is 12.6. The van der Waals surface area contributed by atoms with Crippen molar-refractivity contribution in [2.75, 3.05) is 31.1 Å². The molecule has 1 aliphatic heterocycles. The highest BCUT2D eigenvalue weighted by molar-refractivity contribution is 5.94. The number of benzene rings is 1. The Kier molecular flexibility index (Phi) is 4.50. The fraction of sp³-hybridized carbons (Fsp3) is 0.294. The molecule has 0 atom stereocenters. The summed E-state index contributed by atoms with van der Waals surface area (Å²) in [5, 5.41) is 0. The fourth-order valence-corrected chi connectivity index (χ4v) is 2.74. The van der Waals surface area contributed by atoms with Gasteiger partial charge >= 0.3 is 0 Å². The summed E-state index contributed by atoms with van der Waals surface area (Å²) < 4.78 is 26.4. The maximum Gasteiger partial charge on any atom is 0.254 e. The first-order valence-corrected chi connectivity index (χ1v) is 7.54. The first-order chi connectivity index (χ1) is 11.1. The zero-order chi connectivity index (χ0) is 16.2. The van der Waals surface area contributed by atoms with Crippen molar-refractivity contribution in [3.05, 3.63) is 59.9 Å². The lowest BCUT2D eigenvalue weighted by molar-refractivity contribution is 0.0767. The van der Waals surface area contributed by atoms with Crippen molar-refractivity contribution < 1.29 is 13.6 Å². The van der Waals surface area contributed by atoms with Crippen LogP contribution in [-0.2, 0) is 0 Å². The van der Waals surface area contributed by atoms with Crippen molar-refractivity contribution in [2.45, 2.75) is 6.42 Å². The van der Waals surface area contributed by atoms with Crippen LogP contribution < -0.4 is 4.90 Å². The molecule has 1 aromatic carbocycles. The molecule has 0 aliphatic carbocycles. The van der Waals surface area contributed by atoms with Gasteiger partial charge in [0.15, 0.2) is 11.6 Å². The van der Waals surface area contributed by atoms with E-state index in [9.17, 15) is 13.6 Å². The standard InChI is InChI=1S/C17H17F2N3O/c18-15-3-2-14(12-16(15)19)21-8-1-9-22(11-10-21)17(23)13-4-6-20-7-5-13/h2-7,12H,1,8-11H2. The maximum absolute atomic E-state index is 13.4. The summed E-state index contributed by atoms with van der Waals surface area (Å²) >= 11 is 0. The lowest BCUT2D eigenvalue weighted by Gasteiger charge is -2.24. The van der Waals surface area contributed by atoms with E-state index >= 15 is 0 Å². The average molecular weight is 317 g/mol.